The van der Waals surface area contributed by atoms with Crippen LogP contribution in [0.3, 0.4) is 0 Å². The molecule has 2 saturated carbocycles. The topological polar surface area (TPSA) is 178 Å². The third-order valence-corrected chi connectivity index (χ3v) is 11.4. The van der Waals surface area contributed by atoms with Crippen molar-refractivity contribution in [3.8, 4) is 22.8 Å². The average Bonchev–Trinajstić information content (AvgIpc) is 3.42. The first-order valence-corrected chi connectivity index (χ1v) is 19.5. The molecule has 2 aliphatic carbocycles. The molecule has 13 nitrogen and oxygen atoms in total. The smallest absolute Gasteiger partial charge is 0.407 e. The van der Waals surface area contributed by atoms with Crippen LogP contribution in [0, 0.1) is 11.8 Å². The van der Waals surface area contributed by atoms with E-state index < -0.39 is 63.1 Å². The summed E-state index contributed by atoms with van der Waals surface area (Å²) in [7, 11) is -2.76. The Morgan fingerprint density at radius 3 is 2.49 bits per heavy atom. The largest absolute Gasteiger partial charge is 0.497 e. The summed E-state index contributed by atoms with van der Waals surface area (Å²) in [6.07, 6.45) is 2.39. The van der Waals surface area contributed by atoms with Gasteiger partial charge in [0.15, 0.2) is 0 Å². The van der Waals surface area contributed by atoms with Crippen molar-refractivity contribution < 1.29 is 37.0 Å². The number of ether oxygens (including phenoxy) is 3. The van der Waals surface area contributed by atoms with Gasteiger partial charge in [-0.2, -0.15) is 0 Å². The molecule has 55 heavy (non-hydrogen) atoms. The van der Waals surface area contributed by atoms with Crippen molar-refractivity contribution in [2.45, 2.75) is 68.2 Å². The number of pyridine rings is 1. The number of alkyl carbamates (subject to hydrolysis) is 1. The lowest BCUT2D eigenvalue weighted by Crippen LogP contribution is -2.55. The predicted molar refractivity (Wildman–Crippen MR) is 207 cm³/mol. The molecular formula is C41H43N5O8S. The summed E-state index contributed by atoms with van der Waals surface area (Å²) in [4.78, 5) is 48.9. The number of amides is 3. The Morgan fingerprint density at radius 2 is 1.78 bits per heavy atom. The van der Waals surface area contributed by atoms with Crippen LogP contribution in [0.15, 0.2) is 103 Å². The van der Waals surface area contributed by atoms with E-state index in [4.69, 9.17) is 19.2 Å². The third-order valence-electron chi connectivity index (χ3n) is 10.0. The lowest BCUT2D eigenvalue weighted by atomic mass is 10.0. The number of H-pyrrole nitrogens is 1. The van der Waals surface area contributed by atoms with Crippen LogP contribution in [-0.2, 0) is 24.3 Å². The minimum absolute atomic E-state index is 0.101. The fourth-order valence-corrected chi connectivity index (χ4v) is 8.47. The fourth-order valence-electron chi connectivity index (χ4n) is 7.23. The lowest BCUT2D eigenvalue weighted by Gasteiger charge is -2.26. The van der Waals surface area contributed by atoms with Crippen molar-refractivity contribution >= 4 is 49.7 Å². The Bertz CT molecular complexity index is 2410. The Kier molecular flexibility index (Phi) is 9.80. The third kappa shape index (κ3) is 7.72. The maximum absolute atomic E-state index is 14.3. The molecule has 0 saturated heterocycles. The van der Waals surface area contributed by atoms with E-state index in [-0.39, 0.29) is 24.2 Å². The van der Waals surface area contributed by atoms with Crippen LogP contribution >= 0.6 is 0 Å². The fraction of sp³-hybridized carbons (Fsp3) is 0.317. The number of carbonyl (C=O) groups is 3. The van der Waals surface area contributed by atoms with E-state index in [9.17, 15) is 22.8 Å². The molecule has 0 spiro atoms. The van der Waals surface area contributed by atoms with Crippen molar-refractivity contribution in [3.05, 3.63) is 97.7 Å². The van der Waals surface area contributed by atoms with Crippen LogP contribution in [0.25, 0.3) is 33.1 Å². The molecule has 5 atom stereocenters. The zero-order valence-corrected chi connectivity index (χ0v) is 31.7. The van der Waals surface area contributed by atoms with E-state index in [2.05, 4.69) is 26.9 Å². The lowest BCUT2D eigenvalue weighted by molar-refractivity contribution is -0.132. The second-order valence-corrected chi connectivity index (χ2v) is 16.6. The monoisotopic (exact) mass is 765 g/mol. The Labute approximate surface area is 318 Å². The first-order valence-electron chi connectivity index (χ1n) is 18.0. The standard InChI is InChI=1S/C41H43N5O8S/c1-6-26-23-41(26,38(48)46-55(50,51)35-14-10-13-25-17-18-42-36(25)35)45-37(47)30-19-28(21-33(30)44-39(49)54-40(2,3)4)53-34-22-31(24-11-8-7-9-12-24)43-32-20-27(52-5)15-16-29(32)34/h6-18,20,22,26,28,30,33,42H,1,19,21,23H2,2-5H3,(H,44,49)(H,45,47)(H,46,48)/t26?,28-,30-,33+,41?/m1/s1. The van der Waals surface area contributed by atoms with Crippen molar-refractivity contribution in [3.63, 3.8) is 0 Å². The molecule has 2 aromatic heterocycles. The van der Waals surface area contributed by atoms with Gasteiger partial charge in [0.25, 0.3) is 15.9 Å². The predicted octanol–water partition coefficient (Wildman–Crippen LogP) is 6.01. The number of para-hydroxylation sites is 1. The molecule has 2 heterocycles. The van der Waals surface area contributed by atoms with E-state index in [1.54, 1.807) is 52.3 Å². The van der Waals surface area contributed by atoms with Gasteiger partial charge < -0.3 is 29.8 Å². The van der Waals surface area contributed by atoms with Crippen molar-refractivity contribution in [2.75, 3.05) is 7.11 Å². The second-order valence-electron chi connectivity index (χ2n) is 15.0. The van der Waals surface area contributed by atoms with Gasteiger partial charge in [-0.3, -0.25) is 9.59 Å². The molecule has 2 aliphatic rings. The van der Waals surface area contributed by atoms with Crippen LogP contribution in [0.4, 0.5) is 4.79 Å². The molecule has 3 amide bonds. The minimum Gasteiger partial charge on any atom is -0.497 e. The summed E-state index contributed by atoms with van der Waals surface area (Å²) < 4.78 is 46.9. The highest BCUT2D eigenvalue weighted by Crippen LogP contribution is 2.46. The van der Waals surface area contributed by atoms with E-state index in [0.29, 0.717) is 33.6 Å². The highest BCUT2D eigenvalue weighted by molar-refractivity contribution is 7.90. The molecule has 0 bridgehead atoms. The molecule has 0 radical (unpaired) electrons. The summed E-state index contributed by atoms with van der Waals surface area (Å²) >= 11 is 0. The number of sulfonamides is 1. The maximum atomic E-state index is 14.3. The first-order chi connectivity index (χ1) is 26.2. The Balaban J connectivity index is 1.16. The van der Waals surface area contributed by atoms with Crippen LogP contribution < -0.4 is 24.8 Å². The SMILES string of the molecule is C=CC1CC1(NC(=O)[C@@H]1C[C@@H](Oc2cc(-c3ccccc3)nc3cc(OC)ccc23)C[C@@H]1NC(=O)OC(C)(C)C)C(=O)NS(=O)(=O)c1cccc2cc[nH]c12. The number of benzene rings is 3. The highest BCUT2D eigenvalue weighted by Gasteiger charge is 2.61. The second kappa shape index (κ2) is 14.4. The molecular weight excluding hydrogens is 723 g/mol. The number of aromatic nitrogens is 2. The Morgan fingerprint density at radius 1 is 1.00 bits per heavy atom. The summed E-state index contributed by atoms with van der Waals surface area (Å²) in [6, 6.07) is 22.7. The summed E-state index contributed by atoms with van der Waals surface area (Å²) in [6.45, 7) is 9.02. The van der Waals surface area contributed by atoms with Gasteiger partial charge >= 0.3 is 6.09 Å². The van der Waals surface area contributed by atoms with Gasteiger partial charge in [-0.05, 0) is 57.9 Å². The van der Waals surface area contributed by atoms with Gasteiger partial charge in [-0.1, -0.05) is 48.5 Å². The van der Waals surface area contributed by atoms with Gasteiger partial charge in [-0.15, -0.1) is 6.58 Å². The molecule has 4 N–H and O–H groups in total. The molecule has 7 rings (SSSR count). The van der Waals surface area contributed by atoms with Crippen LogP contribution in [0.1, 0.15) is 40.0 Å². The van der Waals surface area contributed by atoms with Crippen molar-refractivity contribution in [2.24, 2.45) is 11.8 Å². The zero-order valence-electron chi connectivity index (χ0n) is 30.9. The first kappa shape index (κ1) is 37.4. The van der Waals surface area contributed by atoms with E-state index in [1.165, 1.54) is 12.1 Å². The van der Waals surface area contributed by atoms with Crippen LogP contribution in [0.2, 0.25) is 0 Å². The normalized spacial score (nSPS) is 22.1. The number of rotatable bonds is 11. The summed E-state index contributed by atoms with van der Waals surface area (Å²) in [5.41, 5.74) is 0.168. The molecule has 2 fully saturated rings. The molecule has 0 aliphatic heterocycles. The number of fused-ring (bicyclic) bond motifs is 2. The Hall–Kier alpha value is -5.89. The number of nitrogens with zero attached hydrogens (tertiary/aromatic N) is 1. The van der Waals surface area contributed by atoms with Gasteiger partial charge in [0, 0.05) is 53.0 Å². The van der Waals surface area contributed by atoms with Gasteiger partial charge in [0.2, 0.25) is 5.91 Å². The number of nitrogens with one attached hydrogen (secondary N) is 4. The zero-order chi connectivity index (χ0) is 39.1. The number of hydrogen-bond acceptors (Lipinski definition) is 9. The van der Waals surface area contributed by atoms with Crippen molar-refractivity contribution in [1.29, 1.82) is 0 Å². The number of hydrogen-bond donors (Lipinski definition) is 4. The summed E-state index contributed by atoms with van der Waals surface area (Å²) in [5, 5.41) is 7.10. The van der Waals surface area contributed by atoms with Gasteiger partial charge in [-0.25, -0.2) is 22.9 Å². The minimum atomic E-state index is -4.34. The highest BCUT2D eigenvalue weighted by atomic mass is 32.2. The van der Waals surface area contributed by atoms with Gasteiger partial charge in [0.05, 0.1) is 29.8 Å². The van der Waals surface area contributed by atoms with Crippen LogP contribution in [-0.4, -0.2) is 66.7 Å². The van der Waals surface area contributed by atoms with E-state index in [1.807, 2.05) is 54.6 Å². The van der Waals surface area contributed by atoms with Gasteiger partial charge in [0.1, 0.15) is 33.6 Å². The average molecular weight is 766 g/mol. The van der Waals surface area contributed by atoms with E-state index >= 15 is 0 Å². The van der Waals surface area contributed by atoms with Crippen LogP contribution in [0.5, 0.6) is 11.5 Å². The quantitative estimate of drug-likeness (QED) is 0.117. The van der Waals surface area contributed by atoms with Crippen molar-refractivity contribution in [1.82, 2.24) is 25.3 Å². The molecule has 286 valence electrons. The molecule has 3 aromatic carbocycles. The number of methoxy groups -OCH3 is 1. The van der Waals surface area contributed by atoms with E-state index in [0.717, 1.165) is 10.9 Å². The number of carbonyl (C=O) groups excluding carboxylic acids is 3. The molecule has 2 unspecified atom stereocenters. The molecule has 14 heteroatoms. The number of aromatic amines is 1. The molecule has 5 aromatic rings. The maximum Gasteiger partial charge on any atom is 0.407 e. The summed E-state index contributed by atoms with van der Waals surface area (Å²) in [5.74, 6) is -1.69.